The molecule has 3 heteroatoms. The first kappa shape index (κ1) is 12.0. The van der Waals surface area contributed by atoms with E-state index in [1.54, 1.807) is 0 Å². The maximum absolute atomic E-state index is 5.33. The summed E-state index contributed by atoms with van der Waals surface area (Å²) in [6.45, 7) is 9.56. The lowest BCUT2D eigenvalue weighted by molar-refractivity contribution is 0.0656. The second-order valence-corrected chi connectivity index (χ2v) is 4.17. The molecule has 0 saturated carbocycles. The smallest absolute Gasteiger partial charge is 0.0469 e. The van der Waals surface area contributed by atoms with Crippen LogP contribution in [-0.4, -0.2) is 38.9 Å². The second-order valence-electron chi connectivity index (χ2n) is 4.17. The van der Waals surface area contributed by atoms with Crippen LogP contribution in [-0.2, 0) is 4.74 Å². The molecular formula is C11H24N2O. The maximum atomic E-state index is 5.33. The van der Waals surface area contributed by atoms with Gasteiger partial charge in [0.1, 0.15) is 0 Å². The van der Waals surface area contributed by atoms with E-state index in [1.165, 1.54) is 12.8 Å². The fraction of sp³-hybridized carbons (Fsp3) is 1.00. The van der Waals surface area contributed by atoms with Gasteiger partial charge in [-0.2, -0.15) is 0 Å². The lowest BCUT2D eigenvalue weighted by Gasteiger charge is -2.24. The van der Waals surface area contributed by atoms with Crippen LogP contribution in [0.1, 0.15) is 26.7 Å². The highest BCUT2D eigenvalue weighted by atomic mass is 16.5. The Morgan fingerprint density at radius 3 is 2.71 bits per heavy atom. The van der Waals surface area contributed by atoms with Crippen molar-refractivity contribution in [3.8, 4) is 0 Å². The Hall–Kier alpha value is -0.120. The maximum Gasteiger partial charge on any atom is 0.0469 e. The summed E-state index contributed by atoms with van der Waals surface area (Å²) in [6.07, 6.45) is 2.45. The van der Waals surface area contributed by atoms with Crippen LogP contribution in [0.4, 0.5) is 0 Å². The molecule has 1 unspecified atom stereocenters. The summed E-state index contributed by atoms with van der Waals surface area (Å²) >= 11 is 0. The van der Waals surface area contributed by atoms with Gasteiger partial charge in [0.15, 0.2) is 0 Å². The average Bonchev–Trinajstić information content (AvgIpc) is 2.25. The van der Waals surface area contributed by atoms with E-state index >= 15 is 0 Å². The molecule has 0 aromatic heterocycles. The van der Waals surface area contributed by atoms with E-state index in [4.69, 9.17) is 4.74 Å². The molecule has 2 N–H and O–H groups in total. The van der Waals surface area contributed by atoms with Gasteiger partial charge in [0.05, 0.1) is 0 Å². The van der Waals surface area contributed by atoms with Gasteiger partial charge in [0, 0.05) is 25.8 Å². The summed E-state index contributed by atoms with van der Waals surface area (Å²) in [5.41, 5.74) is 0. The number of ether oxygens (including phenoxy) is 1. The van der Waals surface area contributed by atoms with Crippen molar-refractivity contribution in [2.45, 2.75) is 32.7 Å². The predicted molar refractivity (Wildman–Crippen MR) is 59.6 cm³/mol. The monoisotopic (exact) mass is 200 g/mol. The van der Waals surface area contributed by atoms with E-state index < -0.39 is 0 Å². The Morgan fingerprint density at radius 2 is 2.07 bits per heavy atom. The third-order valence-corrected chi connectivity index (χ3v) is 2.80. The molecule has 0 aliphatic carbocycles. The Morgan fingerprint density at radius 1 is 1.36 bits per heavy atom. The molecular weight excluding hydrogens is 176 g/mol. The second kappa shape index (κ2) is 7.21. The van der Waals surface area contributed by atoms with Crippen molar-refractivity contribution in [1.82, 2.24) is 10.6 Å². The zero-order valence-corrected chi connectivity index (χ0v) is 9.51. The zero-order chi connectivity index (χ0) is 10.2. The van der Waals surface area contributed by atoms with Crippen molar-refractivity contribution in [2.75, 3.05) is 32.8 Å². The van der Waals surface area contributed by atoms with E-state index in [-0.39, 0.29) is 0 Å². The highest BCUT2D eigenvalue weighted by Crippen LogP contribution is 2.13. The molecule has 0 bridgehead atoms. The van der Waals surface area contributed by atoms with Crippen LogP contribution in [0.2, 0.25) is 0 Å². The molecule has 14 heavy (non-hydrogen) atoms. The van der Waals surface area contributed by atoms with E-state index in [0.717, 1.165) is 38.8 Å². The fourth-order valence-electron chi connectivity index (χ4n) is 1.75. The third-order valence-electron chi connectivity index (χ3n) is 2.80. The molecule has 1 aliphatic rings. The van der Waals surface area contributed by atoms with Crippen LogP contribution < -0.4 is 10.6 Å². The summed E-state index contributed by atoms with van der Waals surface area (Å²) in [4.78, 5) is 0. The van der Waals surface area contributed by atoms with Gasteiger partial charge >= 0.3 is 0 Å². The lowest BCUT2D eigenvalue weighted by atomic mass is 10.0. The van der Waals surface area contributed by atoms with Crippen LogP contribution in [0, 0.1) is 5.92 Å². The average molecular weight is 200 g/mol. The zero-order valence-electron chi connectivity index (χ0n) is 9.51. The number of likely N-dealkylation sites (N-methyl/N-ethyl adjacent to an activating group) is 1. The van der Waals surface area contributed by atoms with Gasteiger partial charge in [-0.05, 0) is 38.8 Å². The van der Waals surface area contributed by atoms with Gasteiger partial charge in [-0.25, -0.2) is 0 Å². The fourth-order valence-corrected chi connectivity index (χ4v) is 1.75. The number of rotatable bonds is 6. The molecule has 1 fully saturated rings. The van der Waals surface area contributed by atoms with Gasteiger partial charge in [0.25, 0.3) is 0 Å². The minimum absolute atomic E-state index is 0.581. The molecule has 1 saturated heterocycles. The van der Waals surface area contributed by atoms with E-state index in [1.807, 2.05) is 0 Å². The van der Waals surface area contributed by atoms with Crippen LogP contribution in [0.3, 0.4) is 0 Å². The summed E-state index contributed by atoms with van der Waals surface area (Å²) in [6, 6.07) is 0.581. The number of nitrogens with one attached hydrogen (secondary N) is 2. The lowest BCUT2D eigenvalue weighted by Crippen LogP contribution is -2.39. The first-order valence-electron chi connectivity index (χ1n) is 5.84. The molecule has 0 spiro atoms. The summed E-state index contributed by atoms with van der Waals surface area (Å²) < 4.78 is 5.33. The van der Waals surface area contributed by atoms with Crippen molar-refractivity contribution >= 4 is 0 Å². The van der Waals surface area contributed by atoms with Gasteiger partial charge in [-0.3, -0.25) is 0 Å². The van der Waals surface area contributed by atoms with Gasteiger partial charge < -0.3 is 15.4 Å². The molecule has 1 heterocycles. The molecule has 3 nitrogen and oxygen atoms in total. The summed E-state index contributed by atoms with van der Waals surface area (Å²) in [5.74, 6) is 0.827. The Kier molecular flexibility index (Phi) is 6.15. The molecule has 1 atom stereocenters. The Balaban J connectivity index is 2.00. The summed E-state index contributed by atoms with van der Waals surface area (Å²) in [7, 11) is 0. The first-order chi connectivity index (χ1) is 6.83. The standard InChI is InChI=1S/C11H24N2O/c1-3-12-8-10(2)13-9-11-4-6-14-7-5-11/h10-13H,3-9H2,1-2H3. The minimum Gasteiger partial charge on any atom is -0.381 e. The van der Waals surface area contributed by atoms with Crippen molar-refractivity contribution < 1.29 is 4.74 Å². The molecule has 0 aromatic rings. The molecule has 1 rings (SSSR count). The van der Waals surface area contributed by atoms with Crippen molar-refractivity contribution in [3.05, 3.63) is 0 Å². The van der Waals surface area contributed by atoms with Crippen molar-refractivity contribution in [1.29, 1.82) is 0 Å². The van der Waals surface area contributed by atoms with E-state index in [9.17, 15) is 0 Å². The number of hydrogen-bond donors (Lipinski definition) is 2. The Labute approximate surface area is 87.6 Å². The predicted octanol–water partition coefficient (Wildman–Crippen LogP) is 1.00. The van der Waals surface area contributed by atoms with Crippen LogP contribution in [0.5, 0.6) is 0 Å². The first-order valence-corrected chi connectivity index (χ1v) is 5.84. The molecule has 0 amide bonds. The van der Waals surface area contributed by atoms with Crippen LogP contribution in [0.15, 0.2) is 0 Å². The summed E-state index contributed by atoms with van der Waals surface area (Å²) in [5, 5.41) is 6.92. The van der Waals surface area contributed by atoms with Crippen molar-refractivity contribution in [3.63, 3.8) is 0 Å². The molecule has 1 aliphatic heterocycles. The Bertz CT molecular complexity index is 135. The molecule has 0 radical (unpaired) electrons. The van der Waals surface area contributed by atoms with Gasteiger partial charge in [0.2, 0.25) is 0 Å². The largest absolute Gasteiger partial charge is 0.381 e. The quantitative estimate of drug-likeness (QED) is 0.671. The SMILES string of the molecule is CCNCC(C)NCC1CCOCC1. The normalized spacial score (nSPS) is 21.0. The third kappa shape index (κ3) is 4.94. The van der Waals surface area contributed by atoms with E-state index in [2.05, 4.69) is 24.5 Å². The van der Waals surface area contributed by atoms with E-state index in [0.29, 0.717) is 6.04 Å². The van der Waals surface area contributed by atoms with Gasteiger partial charge in [-0.15, -0.1) is 0 Å². The molecule has 0 aromatic carbocycles. The number of hydrogen-bond acceptors (Lipinski definition) is 3. The molecule has 84 valence electrons. The van der Waals surface area contributed by atoms with Crippen LogP contribution >= 0.6 is 0 Å². The van der Waals surface area contributed by atoms with Crippen molar-refractivity contribution in [2.24, 2.45) is 5.92 Å². The highest BCUT2D eigenvalue weighted by Gasteiger charge is 2.13. The highest BCUT2D eigenvalue weighted by molar-refractivity contribution is 4.70. The topological polar surface area (TPSA) is 33.3 Å². The van der Waals surface area contributed by atoms with Crippen LogP contribution in [0.25, 0.3) is 0 Å². The minimum atomic E-state index is 0.581. The van der Waals surface area contributed by atoms with Gasteiger partial charge in [-0.1, -0.05) is 6.92 Å².